The first-order valence-electron chi connectivity index (χ1n) is 7.68. The van der Waals surface area contributed by atoms with Crippen molar-refractivity contribution >= 4 is 5.97 Å². The number of H-pyrrole nitrogens is 1. The number of aromatic amines is 1. The van der Waals surface area contributed by atoms with E-state index in [2.05, 4.69) is 11.9 Å². The molecule has 0 fully saturated rings. The largest absolute Gasteiger partial charge is 0.490 e. The zero-order valence-corrected chi connectivity index (χ0v) is 13.2. The Morgan fingerprint density at radius 3 is 2.46 bits per heavy atom. The third kappa shape index (κ3) is 3.72. The SMILES string of the molecule is CCCCCCOc1ccc(-c2c[nH]c(C(=O)O)c2F)c(F)c1F. The fourth-order valence-corrected chi connectivity index (χ4v) is 2.32. The summed E-state index contributed by atoms with van der Waals surface area (Å²) in [5, 5.41) is 8.79. The first-order valence-corrected chi connectivity index (χ1v) is 7.68. The van der Waals surface area contributed by atoms with Crippen LogP contribution in [-0.4, -0.2) is 22.7 Å². The van der Waals surface area contributed by atoms with Gasteiger partial charge in [0.15, 0.2) is 23.1 Å². The van der Waals surface area contributed by atoms with E-state index >= 15 is 0 Å². The van der Waals surface area contributed by atoms with Gasteiger partial charge >= 0.3 is 5.97 Å². The summed E-state index contributed by atoms with van der Waals surface area (Å²) >= 11 is 0. The molecule has 4 nitrogen and oxygen atoms in total. The van der Waals surface area contributed by atoms with E-state index < -0.39 is 29.1 Å². The molecule has 7 heteroatoms. The molecule has 0 aliphatic rings. The van der Waals surface area contributed by atoms with Gasteiger partial charge in [0.2, 0.25) is 5.82 Å². The van der Waals surface area contributed by atoms with E-state index in [0.717, 1.165) is 37.9 Å². The van der Waals surface area contributed by atoms with Crippen LogP contribution in [0.2, 0.25) is 0 Å². The lowest BCUT2D eigenvalue weighted by Crippen LogP contribution is -2.02. The van der Waals surface area contributed by atoms with Crippen LogP contribution < -0.4 is 4.74 Å². The van der Waals surface area contributed by atoms with Gasteiger partial charge in [-0.2, -0.15) is 4.39 Å². The lowest BCUT2D eigenvalue weighted by atomic mass is 10.1. The van der Waals surface area contributed by atoms with Crippen LogP contribution >= 0.6 is 0 Å². The number of aromatic carboxylic acids is 1. The predicted molar refractivity (Wildman–Crippen MR) is 82.7 cm³/mol. The minimum Gasteiger partial charge on any atom is -0.490 e. The second-order valence-corrected chi connectivity index (χ2v) is 5.34. The number of benzene rings is 1. The quantitative estimate of drug-likeness (QED) is 0.681. The summed E-state index contributed by atoms with van der Waals surface area (Å²) in [7, 11) is 0. The average molecular weight is 341 g/mol. The van der Waals surface area contributed by atoms with Crippen molar-refractivity contribution in [2.24, 2.45) is 0 Å². The molecule has 2 aromatic rings. The Hall–Kier alpha value is -2.44. The minimum absolute atomic E-state index is 0.248. The standard InChI is InChI=1S/C17H18F3NO3/c1-2-3-4-5-8-24-12-7-6-10(13(18)15(12)20)11-9-21-16(14(11)19)17(22)23/h6-7,9,21H,2-5,8H2,1H3,(H,22,23). The fourth-order valence-electron chi connectivity index (χ4n) is 2.32. The summed E-state index contributed by atoms with van der Waals surface area (Å²) in [6, 6.07) is 2.37. The number of ether oxygens (including phenoxy) is 1. The van der Waals surface area contributed by atoms with Gasteiger partial charge in [0.1, 0.15) is 0 Å². The zero-order chi connectivity index (χ0) is 17.7. The van der Waals surface area contributed by atoms with Crippen molar-refractivity contribution in [3.8, 4) is 16.9 Å². The van der Waals surface area contributed by atoms with Crippen LogP contribution in [0.1, 0.15) is 43.1 Å². The first kappa shape index (κ1) is 17.9. The number of nitrogens with one attached hydrogen (secondary N) is 1. The van der Waals surface area contributed by atoms with Crippen molar-refractivity contribution in [3.05, 3.63) is 41.5 Å². The number of rotatable bonds is 8. The van der Waals surface area contributed by atoms with E-state index in [4.69, 9.17) is 9.84 Å². The molecule has 0 spiro atoms. The molecule has 2 rings (SSSR count). The Labute approximate surface area is 137 Å². The van der Waals surface area contributed by atoms with Gasteiger partial charge in [-0.15, -0.1) is 0 Å². The monoisotopic (exact) mass is 341 g/mol. The Bertz CT molecular complexity index is 728. The third-order valence-corrected chi connectivity index (χ3v) is 3.62. The van der Waals surface area contributed by atoms with Crippen LogP contribution in [0, 0.1) is 17.5 Å². The van der Waals surface area contributed by atoms with Gasteiger partial charge in [0, 0.05) is 17.3 Å². The summed E-state index contributed by atoms with van der Waals surface area (Å²) in [6.07, 6.45) is 4.74. The first-order chi connectivity index (χ1) is 11.5. The van der Waals surface area contributed by atoms with Gasteiger partial charge < -0.3 is 14.8 Å². The van der Waals surface area contributed by atoms with Crippen molar-refractivity contribution in [1.82, 2.24) is 4.98 Å². The number of carbonyl (C=O) groups is 1. The second kappa shape index (κ2) is 7.90. The molecule has 0 saturated heterocycles. The molecule has 130 valence electrons. The molecule has 1 aromatic heterocycles. The Balaban J connectivity index is 2.19. The average Bonchev–Trinajstić information content (AvgIpc) is 2.93. The van der Waals surface area contributed by atoms with Gasteiger partial charge in [-0.25, -0.2) is 13.6 Å². The van der Waals surface area contributed by atoms with Gasteiger partial charge in [0.25, 0.3) is 0 Å². The van der Waals surface area contributed by atoms with E-state index in [9.17, 15) is 18.0 Å². The fraction of sp³-hybridized carbons (Fsp3) is 0.353. The summed E-state index contributed by atoms with van der Waals surface area (Å²) in [6.45, 7) is 2.32. The molecule has 0 radical (unpaired) electrons. The van der Waals surface area contributed by atoms with Crippen molar-refractivity contribution in [3.63, 3.8) is 0 Å². The molecular weight excluding hydrogens is 323 g/mol. The maximum atomic E-state index is 14.2. The van der Waals surface area contributed by atoms with Gasteiger partial charge in [-0.05, 0) is 18.6 Å². The molecule has 0 atom stereocenters. The maximum absolute atomic E-state index is 14.2. The van der Waals surface area contributed by atoms with E-state index in [1.54, 1.807) is 0 Å². The van der Waals surface area contributed by atoms with Gasteiger partial charge in [-0.1, -0.05) is 26.2 Å². The molecule has 0 bridgehead atoms. The molecule has 24 heavy (non-hydrogen) atoms. The van der Waals surface area contributed by atoms with Crippen LogP contribution in [0.15, 0.2) is 18.3 Å². The molecule has 1 heterocycles. The number of carboxylic acids is 1. The highest BCUT2D eigenvalue weighted by Gasteiger charge is 2.23. The molecule has 2 N–H and O–H groups in total. The highest BCUT2D eigenvalue weighted by molar-refractivity contribution is 5.88. The van der Waals surface area contributed by atoms with Crippen LogP contribution in [-0.2, 0) is 0 Å². The molecule has 0 saturated carbocycles. The van der Waals surface area contributed by atoms with E-state index in [1.165, 1.54) is 6.07 Å². The number of halogens is 3. The van der Waals surface area contributed by atoms with Crippen LogP contribution in [0.3, 0.4) is 0 Å². The molecule has 0 aliphatic carbocycles. The molecule has 0 unspecified atom stereocenters. The van der Waals surface area contributed by atoms with Crippen molar-refractivity contribution in [2.75, 3.05) is 6.61 Å². The topological polar surface area (TPSA) is 62.3 Å². The van der Waals surface area contributed by atoms with Crippen LogP contribution in [0.5, 0.6) is 5.75 Å². The maximum Gasteiger partial charge on any atom is 0.355 e. The lowest BCUT2D eigenvalue weighted by molar-refractivity contribution is 0.0686. The number of unbranched alkanes of at least 4 members (excludes halogenated alkanes) is 3. The van der Waals surface area contributed by atoms with Crippen molar-refractivity contribution < 1.29 is 27.8 Å². The summed E-state index contributed by atoms with van der Waals surface area (Å²) in [4.78, 5) is 13.0. The van der Waals surface area contributed by atoms with Crippen LogP contribution in [0.4, 0.5) is 13.2 Å². The van der Waals surface area contributed by atoms with Crippen LogP contribution in [0.25, 0.3) is 11.1 Å². The molecule has 0 amide bonds. The number of carboxylic acid groups (broad SMARTS) is 1. The summed E-state index contributed by atoms with van der Waals surface area (Å²) < 4.78 is 47.4. The Morgan fingerprint density at radius 1 is 1.08 bits per heavy atom. The minimum atomic E-state index is -1.52. The molecule has 0 aliphatic heterocycles. The predicted octanol–water partition coefficient (Wildman–Crippen LogP) is 4.76. The van der Waals surface area contributed by atoms with Gasteiger partial charge in [0.05, 0.1) is 6.61 Å². The second-order valence-electron chi connectivity index (χ2n) is 5.34. The Kier molecular flexibility index (Phi) is 5.89. The molecule has 1 aromatic carbocycles. The summed E-state index contributed by atoms with van der Waals surface area (Å²) in [5.74, 6) is -5.42. The smallest absolute Gasteiger partial charge is 0.355 e. The number of aromatic nitrogens is 1. The summed E-state index contributed by atoms with van der Waals surface area (Å²) in [5.41, 5.74) is -1.42. The highest BCUT2D eigenvalue weighted by Crippen LogP contribution is 2.32. The van der Waals surface area contributed by atoms with E-state index in [-0.39, 0.29) is 23.5 Å². The lowest BCUT2D eigenvalue weighted by Gasteiger charge is -2.10. The van der Waals surface area contributed by atoms with Gasteiger partial charge in [-0.3, -0.25) is 0 Å². The van der Waals surface area contributed by atoms with E-state index in [0.29, 0.717) is 0 Å². The molecular formula is C17H18F3NO3. The van der Waals surface area contributed by atoms with Crippen molar-refractivity contribution in [2.45, 2.75) is 32.6 Å². The zero-order valence-electron chi connectivity index (χ0n) is 13.2. The van der Waals surface area contributed by atoms with E-state index in [1.807, 2.05) is 0 Å². The number of hydrogen-bond acceptors (Lipinski definition) is 2. The normalized spacial score (nSPS) is 10.8. The Morgan fingerprint density at radius 2 is 1.83 bits per heavy atom. The highest BCUT2D eigenvalue weighted by atomic mass is 19.2. The third-order valence-electron chi connectivity index (χ3n) is 3.62. The number of hydrogen-bond donors (Lipinski definition) is 2. The van der Waals surface area contributed by atoms with Crippen molar-refractivity contribution in [1.29, 1.82) is 0 Å².